The molecule has 1 aliphatic heterocycles. The van der Waals surface area contributed by atoms with Gasteiger partial charge in [0.15, 0.2) is 0 Å². The molecule has 4 nitrogen and oxygen atoms in total. The Morgan fingerprint density at radius 1 is 1.60 bits per heavy atom. The largest absolute Gasteiger partial charge is 0.469 e. The lowest BCUT2D eigenvalue weighted by Gasteiger charge is -2.37. The van der Waals surface area contributed by atoms with E-state index in [1.54, 1.807) is 6.07 Å². The smallest absolute Gasteiger partial charge is 0.254 e. The van der Waals surface area contributed by atoms with Gasteiger partial charge in [-0.25, -0.2) is 0 Å². The summed E-state index contributed by atoms with van der Waals surface area (Å²) in [6, 6.07) is 1.73. The summed E-state index contributed by atoms with van der Waals surface area (Å²) in [5.74, 6) is 0.665. The molecule has 4 heteroatoms. The van der Waals surface area contributed by atoms with Crippen molar-refractivity contribution in [1.29, 1.82) is 0 Å². The van der Waals surface area contributed by atoms with Gasteiger partial charge in [0.2, 0.25) is 0 Å². The van der Waals surface area contributed by atoms with Gasteiger partial charge >= 0.3 is 0 Å². The van der Waals surface area contributed by atoms with Crippen LogP contribution in [0.4, 0.5) is 0 Å². The van der Waals surface area contributed by atoms with Crippen molar-refractivity contribution in [2.45, 2.75) is 13.8 Å². The molecule has 0 spiro atoms. The molecular formula is C11H15NO3. The van der Waals surface area contributed by atoms with Gasteiger partial charge in [-0.15, -0.1) is 0 Å². The Hall–Kier alpha value is -1.29. The summed E-state index contributed by atoms with van der Waals surface area (Å²) >= 11 is 0. The molecule has 0 atom stereocenters. The van der Waals surface area contributed by atoms with Gasteiger partial charge in [-0.3, -0.25) is 4.79 Å². The van der Waals surface area contributed by atoms with Crippen LogP contribution >= 0.6 is 0 Å². The number of aryl methyl sites for hydroxylation is 1. The molecule has 2 heterocycles. The van der Waals surface area contributed by atoms with Crippen LogP contribution in [0, 0.1) is 12.3 Å². The number of amides is 1. The van der Waals surface area contributed by atoms with Crippen LogP contribution in [0.15, 0.2) is 16.7 Å². The number of carbonyl (C=O) groups excluding carboxylic acids is 1. The van der Waals surface area contributed by atoms with Crippen LogP contribution < -0.4 is 5.32 Å². The fourth-order valence-corrected chi connectivity index (χ4v) is 1.51. The average molecular weight is 209 g/mol. The molecule has 1 fully saturated rings. The first-order chi connectivity index (χ1) is 7.09. The Labute approximate surface area is 88.6 Å². The van der Waals surface area contributed by atoms with Crippen LogP contribution in [0.3, 0.4) is 0 Å². The monoisotopic (exact) mass is 209 g/mol. The molecule has 0 saturated carbocycles. The lowest BCUT2D eigenvalue weighted by Crippen LogP contribution is -2.48. The predicted molar refractivity (Wildman–Crippen MR) is 54.7 cm³/mol. The summed E-state index contributed by atoms with van der Waals surface area (Å²) in [4.78, 5) is 11.6. The van der Waals surface area contributed by atoms with E-state index >= 15 is 0 Å². The predicted octanol–water partition coefficient (Wildman–Crippen LogP) is 1.35. The van der Waals surface area contributed by atoms with Gasteiger partial charge in [0.05, 0.1) is 18.8 Å². The van der Waals surface area contributed by atoms with E-state index in [2.05, 4.69) is 12.2 Å². The van der Waals surface area contributed by atoms with Crippen molar-refractivity contribution in [1.82, 2.24) is 5.32 Å². The molecule has 82 valence electrons. The number of furan rings is 1. The number of ether oxygens (including phenoxy) is 1. The van der Waals surface area contributed by atoms with Crippen molar-refractivity contribution < 1.29 is 13.9 Å². The van der Waals surface area contributed by atoms with Gasteiger partial charge in [-0.1, -0.05) is 6.92 Å². The minimum Gasteiger partial charge on any atom is -0.469 e. The zero-order valence-electron chi connectivity index (χ0n) is 9.00. The highest BCUT2D eigenvalue weighted by Gasteiger charge is 2.33. The number of hydrogen-bond donors (Lipinski definition) is 1. The third-order valence-corrected chi connectivity index (χ3v) is 2.57. The summed E-state index contributed by atoms with van der Waals surface area (Å²) in [5, 5.41) is 2.88. The lowest BCUT2D eigenvalue weighted by molar-refractivity contribution is -0.0978. The summed E-state index contributed by atoms with van der Waals surface area (Å²) < 4.78 is 10.2. The molecule has 1 aliphatic rings. The number of carbonyl (C=O) groups is 1. The first-order valence-corrected chi connectivity index (χ1v) is 5.00. The molecule has 1 aromatic rings. The second-order valence-electron chi connectivity index (χ2n) is 4.43. The van der Waals surface area contributed by atoms with Gasteiger partial charge in [-0.2, -0.15) is 0 Å². The first-order valence-electron chi connectivity index (χ1n) is 5.00. The third-order valence-electron chi connectivity index (χ3n) is 2.57. The number of hydrogen-bond acceptors (Lipinski definition) is 3. The molecule has 15 heavy (non-hydrogen) atoms. The molecule has 0 aromatic carbocycles. The quantitative estimate of drug-likeness (QED) is 0.817. The SMILES string of the molecule is Cc1cc(C(=O)NCC2(C)COC2)co1. The highest BCUT2D eigenvalue weighted by atomic mass is 16.5. The highest BCUT2D eigenvalue weighted by molar-refractivity contribution is 5.93. The molecule has 0 bridgehead atoms. The van der Waals surface area contributed by atoms with Crippen LogP contribution in [-0.4, -0.2) is 25.7 Å². The topological polar surface area (TPSA) is 51.5 Å². The van der Waals surface area contributed by atoms with E-state index in [-0.39, 0.29) is 11.3 Å². The minimum absolute atomic E-state index is 0.0834. The van der Waals surface area contributed by atoms with Gasteiger partial charge in [-0.05, 0) is 13.0 Å². The molecule has 1 amide bonds. The maximum absolute atomic E-state index is 11.6. The van der Waals surface area contributed by atoms with Crippen LogP contribution in [-0.2, 0) is 4.74 Å². The standard InChI is InChI=1S/C11H15NO3/c1-8-3-9(4-15-8)10(13)12-5-11(2)6-14-7-11/h3-4H,5-7H2,1-2H3,(H,12,13). The van der Waals surface area contributed by atoms with Crippen LogP contribution in [0.25, 0.3) is 0 Å². The fourth-order valence-electron chi connectivity index (χ4n) is 1.51. The van der Waals surface area contributed by atoms with Crippen LogP contribution in [0.1, 0.15) is 23.0 Å². The summed E-state index contributed by atoms with van der Waals surface area (Å²) in [5.41, 5.74) is 0.686. The van der Waals surface area contributed by atoms with E-state index in [0.29, 0.717) is 12.1 Å². The zero-order chi connectivity index (χ0) is 10.9. The average Bonchev–Trinajstić information content (AvgIpc) is 2.58. The van der Waals surface area contributed by atoms with E-state index in [1.165, 1.54) is 6.26 Å². The molecule has 2 rings (SSSR count). The Bertz CT molecular complexity index is 366. The lowest BCUT2D eigenvalue weighted by atomic mass is 9.89. The van der Waals surface area contributed by atoms with Crippen molar-refractivity contribution in [2.75, 3.05) is 19.8 Å². The highest BCUT2D eigenvalue weighted by Crippen LogP contribution is 2.25. The molecular weight excluding hydrogens is 194 g/mol. The van der Waals surface area contributed by atoms with Gasteiger partial charge in [0.25, 0.3) is 5.91 Å². The normalized spacial score (nSPS) is 18.3. The Balaban J connectivity index is 1.87. The van der Waals surface area contributed by atoms with Crippen molar-refractivity contribution in [3.8, 4) is 0 Å². The zero-order valence-corrected chi connectivity index (χ0v) is 9.00. The van der Waals surface area contributed by atoms with Gasteiger partial charge in [0, 0.05) is 12.0 Å². The van der Waals surface area contributed by atoms with E-state index in [0.717, 1.165) is 19.0 Å². The van der Waals surface area contributed by atoms with Crippen molar-refractivity contribution >= 4 is 5.91 Å². The molecule has 0 aliphatic carbocycles. The molecule has 1 N–H and O–H groups in total. The van der Waals surface area contributed by atoms with E-state index in [1.807, 2.05) is 6.92 Å². The number of rotatable bonds is 3. The summed E-state index contributed by atoms with van der Waals surface area (Å²) in [7, 11) is 0. The second-order valence-corrected chi connectivity index (χ2v) is 4.43. The maximum atomic E-state index is 11.6. The van der Waals surface area contributed by atoms with E-state index in [9.17, 15) is 4.79 Å². The maximum Gasteiger partial charge on any atom is 0.254 e. The van der Waals surface area contributed by atoms with E-state index in [4.69, 9.17) is 9.15 Å². The van der Waals surface area contributed by atoms with Gasteiger partial charge in [0.1, 0.15) is 12.0 Å². The van der Waals surface area contributed by atoms with Crippen LogP contribution in [0.5, 0.6) is 0 Å². The Morgan fingerprint density at radius 2 is 2.33 bits per heavy atom. The molecule has 1 saturated heterocycles. The minimum atomic E-state index is -0.0834. The molecule has 0 radical (unpaired) electrons. The fraction of sp³-hybridized carbons (Fsp3) is 0.545. The number of nitrogens with one attached hydrogen (secondary N) is 1. The van der Waals surface area contributed by atoms with Gasteiger partial charge < -0.3 is 14.5 Å². The second kappa shape index (κ2) is 3.70. The summed E-state index contributed by atoms with van der Waals surface area (Å²) in [6.45, 7) is 6.00. The van der Waals surface area contributed by atoms with Crippen molar-refractivity contribution in [3.05, 3.63) is 23.7 Å². The van der Waals surface area contributed by atoms with E-state index < -0.39 is 0 Å². The summed E-state index contributed by atoms with van der Waals surface area (Å²) in [6.07, 6.45) is 1.48. The Kier molecular flexibility index (Phi) is 2.52. The van der Waals surface area contributed by atoms with Crippen molar-refractivity contribution in [2.24, 2.45) is 5.41 Å². The Morgan fingerprint density at radius 3 is 2.80 bits per heavy atom. The third kappa shape index (κ3) is 2.21. The first kappa shape index (κ1) is 10.2. The molecule has 1 aromatic heterocycles. The molecule has 0 unspecified atom stereocenters. The van der Waals surface area contributed by atoms with Crippen LogP contribution in [0.2, 0.25) is 0 Å². The van der Waals surface area contributed by atoms with Crippen molar-refractivity contribution in [3.63, 3.8) is 0 Å².